The van der Waals surface area contributed by atoms with Crippen molar-refractivity contribution in [2.24, 2.45) is 0 Å². The van der Waals surface area contributed by atoms with Crippen LogP contribution in [0.4, 0.5) is 10.1 Å². The molecule has 0 bridgehead atoms. The largest absolute Gasteiger partial charge is 0.489 e. The average Bonchev–Trinajstić information content (AvgIpc) is 2.76. The van der Waals surface area contributed by atoms with Gasteiger partial charge in [0, 0.05) is 24.7 Å². The van der Waals surface area contributed by atoms with Crippen LogP contribution in [0.15, 0.2) is 18.2 Å². The molecule has 1 saturated heterocycles. The molecule has 1 aliphatic heterocycles. The van der Waals surface area contributed by atoms with Crippen LogP contribution in [0.5, 0.6) is 5.75 Å². The molecule has 110 valence electrons. The number of nitro groups is 1. The molecular formula is C14H19FN2O3. The van der Waals surface area contributed by atoms with E-state index >= 15 is 0 Å². The Labute approximate surface area is 117 Å². The minimum Gasteiger partial charge on any atom is -0.489 e. The van der Waals surface area contributed by atoms with E-state index < -0.39 is 10.7 Å². The van der Waals surface area contributed by atoms with E-state index in [9.17, 15) is 14.5 Å². The average molecular weight is 282 g/mol. The highest BCUT2D eigenvalue weighted by molar-refractivity contribution is 5.39. The van der Waals surface area contributed by atoms with E-state index in [0.717, 1.165) is 25.6 Å². The van der Waals surface area contributed by atoms with Crippen LogP contribution in [0.3, 0.4) is 0 Å². The first-order valence-corrected chi connectivity index (χ1v) is 6.62. The Morgan fingerprint density at radius 3 is 2.65 bits per heavy atom. The van der Waals surface area contributed by atoms with Crippen LogP contribution in [-0.4, -0.2) is 34.6 Å². The van der Waals surface area contributed by atoms with E-state index in [-0.39, 0.29) is 23.1 Å². The van der Waals surface area contributed by atoms with Crippen LogP contribution < -0.4 is 4.74 Å². The first-order valence-electron chi connectivity index (χ1n) is 6.62. The minimum absolute atomic E-state index is 0.0596. The molecule has 1 atom stereocenters. The second-order valence-electron chi connectivity index (χ2n) is 6.05. The van der Waals surface area contributed by atoms with Crippen molar-refractivity contribution in [1.82, 2.24) is 4.90 Å². The zero-order valence-corrected chi connectivity index (χ0v) is 11.9. The van der Waals surface area contributed by atoms with E-state index in [1.165, 1.54) is 12.1 Å². The molecule has 1 heterocycles. The van der Waals surface area contributed by atoms with Gasteiger partial charge in [0.15, 0.2) is 0 Å². The normalized spacial score (nSPS) is 20.1. The molecule has 0 aromatic heterocycles. The summed E-state index contributed by atoms with van der Waals surface area (Å²) in [6, 6.07) is 3.35. The molecule has 20 heavy (non-hydrogen) atoms. The fourth-order valence-corrected chi connectivity index (χ4v) is 2.35. The predicted molar refractivity (Wildman–Crippen MR) is 73.4 cm³/mol. The van der Waals surface area contributed by atoms with E-state index in [2.05, 4.69) is 25.7 Å². The maximum Gasteiger partial charge on any atom is 0.276 e. The van der Waals surface area contributed by atoms with E-state index in [1.807, 2.05) is 0 Å². The number of non-ortho nitro benzene ring substituents is 1. The number of hydrogen-bond acceptors (Lipinski definition) is 4. The second-order valence-corrected chi connectivity index (χ2v) is 6.05. The standard InChI is InChI=1S/C14H19FN2O3/c1-14(2,3)16-5-4-12(9-16)20-13-7-10(15)6-11(8-13)17(18)19/h6-8,12H,4-5,9H2,1-3H3/t12-/m1/s1. The summed E-state index contributed by atoms with van der Waals surface area (Å²) in [5, 5.41) is 10.7. The zero-order chi connectivity index (χ0) is 14.9. The molecule has 2 rings (SSSR count). The SMILES string of the molecule is CC(C)(C)N1CC[C@@H](Oc2cc(F)cc([N+](=O)[O-])c2)C1. The highest BCUT2D eigenvalue weighted by Crippen LogP contribution is 2.27. The molecule has 1 aliphatic rings. The molecule has 0 unspecified atom stereocenters. The number of likely N-dealkylation sites (tertiary alicyclic amines) is 1. The van der Waals surface area contributed by atoms with Crippen LogP contribution in [0.25, 0.3) is 0 Å². The number of nitrogens with zero attached hydrogens (tertiary/aromatic N) is 2. The first kappa shape index (κ1) is 14.7. The summed E-state index contributed by atoms with van der Waals surface area (Å²) in [5.41, 5.74) is -0.225. The van der Waals surface area contributed by atoms with Crippen molar-refractivity contribution in [3.63, 3.8) is 0 Å². The summed E-state index contributed by atoms with van der Waals surface area (Å²) in [5.74, 6) is -0.433. The molecule has 0 spiro atoms. The van der Waals surface area contributed by atoms with Gasteiger partial charge in [-0.3, -0.25) is 15.0 Å². The molecule has 1 aromatic carbocycles. The minimum atomic E-state index is -0.653. The maximum atomic E-state index is 13.3. The highest BCUT2D eigenvalue weighted by atomic mass is 19.1. The number of rotatable bonds is 3. The molecule has 1 aromatic rings. The van der Waals surface area contributed by atoms with Crippen molar-refractivity contribution in [2.45, 2.75) is 38.8 Å². The van der Waals surface area contributed by atoms with Crippen LogP contribution >= 0.6 is 0 Å². The lowest BCUT2D eigenvalue weighted by Gasteiger charge is -2.31. The summed E-state index contributed by atoms with van der Waals surface area (Å²) in [6.07, 6.45) is 0.775. The van der Waals surface area contributed by atoms with Gasteiger partial charge in [-0.15, -0.1) is 0 Å². The van der Waals surface area contributed by atoms with Crippen molar-refractivity contribution < 1.29 is 14.1 Å². The van der Waals surface area contributed by atoms with Gasteiger partial charge < -0.3 is 4.74 Å². The Morgan fingerprint density at radius 1 is 1.40 bits per heavy atom. The van der Waals surface area contributed by atoms with Crippen molar-refractivity contribution in [3.8, 4) is 5.75 Å². The van der Waals surface area contributed by atoms with E-state index in [4.69, 9.17) is 4.74 Å². The van der Waals surface area contributed by atoms with Crippen LogP contribution in [0.1, 0.15) is 27.2 Å². The highest BCUT2D eigenvalue weighted by Gasteiger charge is 2.31. The molecular weight excluding hydrogens is 263 g/mol. The predicted octanol–water partition coefficient (Wildman–Crippen LogP) is 2.99. The Bertz CT molecular complexity index is 514. The Kier molecular flexibility index (Phi) is 3.94. The van der Waals surface area contributed by atoms with Gasteiger partial charge in [-0.1, -0.05) is 0 Å². The van der Waals surface area contributed by atoms with Gasteiger partial charge in [0.25, 0.3) is 5.69 Å². The second kappa shape index (κ2) is 5.36. The van der Waals surface area contributed by atoms with Crippen molar-refractivity contribution >= 4 is 5.69 Å². The topological polar surface area (TPSA) is 55.6 Å². The molecule has 0 aliphatic carbocycles. The van der Waals surface area contributed by atoms with Crippen LogP contribution in [0.2, 0.25) is 0 Å². The molecule has 0 amide bonds. The number of benzene rings is 1. The van der Waals surface area contributed by atoms with Gasteiger partial charge in [-0.05, 0) is 27.2 Å². The van der Waals surface area contributed by atoms with Crippen molar-refractivity contribution in [2.75, 3.05) is 13.1 Å². The fraction of sp³-hybridized carbons (Fsp3) is 0.571. The third kappa shape index (κ3) is 3.45. The first-order chi connectivity index (χ1) is 9.25. The Balaban J connectivity index is 2.06. The molecule has 0 saturated carbocycles. The maximum absolute atomic E-state index is 13.3. The Morgan fingerprint density at radius 2 is 2.10 bits per heavy atom. The van der Waals surface area contributed by atoms with Gasteiger partial charge in [-0.2, -0.15) is 0 Å². The molecule has 0 N–H and O–H groups in total. The summed E-state index contributed by atoms with van der Waals surface area (Å²) in [6.45, 7) is 8.03. The number of hydrogen-bond donors (Lipinski definition) is 0. The van der Waals surface area contributed by atoms with Crippen LogP contribution in [-0.2, 0) is 0 Å². The summed E-state index contributed by atoms with van der Waals surface area (Å²) in [7, 11) is 0. The van der Waals surface area contributed by atoms with Gasteiger partial charge in [0.2, 0.25) is 0 Å². The quantitative estimate of drug-likeness (QED) is 0.631. The third-order valence-electron chi connectivity index (χ3n) is 3.46. The molecule has 0 radical (unpaired) electrons. The van der Waals surface area contributed by atoms with Gasteiger partial charge in [-0.25, -0.2) is 4.39 Å². The lowest BCUT2D eigenvalue weighted by molar-refractivity contribution is -0.385. The van der Waals surface area contributed by atoms with Crippen LogP contribution in [0, 0.1) is 15.9 Å². The molecule has 5 nitrogen and oxygen atoms in total. The monoisotopic (exact) mass is 282 g/mol. The van der Waals surface area contributed by atoms with E-state index in [1.54, 1.807) is 0 Å². The lowest BCUT2D eigenvalue weighted by atomic mass is 10.1. The fourth-order valence-electron chi connectivity index (χ4n) is 2.35. The number of halogens is 1. The third-order valence-corrected chi connectivity index (χ3v) is 3.46. The molecule has 6 heteroatoms. The summed E-state index contributed by atoms with van der Waals surface area (Å²) in [4.78, 5) is 12.4. The molecule has 1 fully saturated rings. The number of nitro benzene ring substituents is 1. The van der Waals surface area contributed by atoms with Gasteiger partial charge in [0.05, 0.1) is 17.1 Å². The Hall–Kier alpha value is -1.69. The smallest absolute Gasteiger partial charge is 0.276 e. The summed E-state index contributed by atoms with van der Waals surface area (Å²) >= 11 is 0. The van der Waals surface area contributed by atoms with E-state index in [0.29, 0.717) is 0 Å². The van der Waals surface area contributed by atoms with Gasteiger partial charge >= 0.3 is 0 Å². The van der Waals surface area contributed by atoms with Crippen molar-refractivity contribution in [3.05, 3.63) is 34.1 Å². The summed E-state index contributed by atoms with van der Waals surface area (Å²) < 4.78 is 19.0. The zero-order valence-electron chi connectivity index (χ0n) is 11.9. The number of ether oxygens (including phenoxy) is 1. The van der Waals surface area contributed by atoms with Crippen molar-refractivity contribution in [1.29, 1.82) is 0 Å². The van der Waals surface area contributed by atoms with Gasteiger partial charge in [0.1, 0.15) is 17.7 Å². The lowest BCUT2D eigenvalue weighted by Crippen LogP contribution is -2.40.